The third-order valence-electron chi connectivity index (χ3n) is 11.2. The van der Waals surface area contributed by atoms with E-state index in [9.17, 15) is 14.9 Å². The molecular formula is C40H44N10O4. The standard InChI is InChI=1S/C21H23N5O2.C19H21N5O2/c1-2-28-20(27)17-8-23-26(12-17)11-14-3-4-18(25-9-15-7-16(15)10-25)24-19(14)21(13-22)5-6-21;1-2-26-19(25)16-8-21-24(12-16)11-13-3-4-18(22-17(13)5-6-20)23-9-14-7-15(14)10-23/h3-4,8,12,15-16H,2,5-7,9-11H2,1H3;3-4,8,12,14-15H,2,5,7,9-11H2,1H3. The highest BCUT2D eigenvalue weighted by atomic mass is 16.5. The Kier molecular flexibility index (Phi) is 9.52. The van der Waals surface area contributed by atoms with Crippen molar-refractivity contribution in [3.8, 4) is 12.1 Å². The molecule has 9 rings (SSSR count). The fraction of sp³-hybridized carbons (Fsp3) is 0.500. The number of carbonyl (C=O) groups is 2. The van der Waals surface area contributed by atoms with Crippen LogP contribution in [0.3, 0.4) is 0 Å². The van der Waals surface area contributed by atoms with E-state index in [0.29, 0.717) is 37.4 Å². The number of hydrogen-bond acceptors (Lipinski definition) is 12. The molecule has 54 heavy (non-hydrogen) atoms. The molecule has 3 saturated carbocycles. The summed E-state index contributed by atoms with van der Waals surface area (Å²) in [6.07, 6.45) is 11.0. The molecule has 0 radical (unpaired) electrons. The van der Waals surface area contributed by atoms with Gasteiger partial charge in [0.15, 0.2) is 0 Å². The first-order valence-corrected chi connectivity index (χ1v) is 19.0. The maximum atomic E-state index is 11.9. The van der Waals surface area contributed by atoms with E-state index in [1.165, 1.54) is 25.2 Å². The highest BCUT2D eigenvalue weighted by molar-refractivity contribution is 5.89. The zero-order chi connectivity index (χ0) is 37.4. The van der Waals surface area contributed by atoms with Gasteiger partial charge < -0.3 is 19.3 Å². The fourth-order valence-electron chi connectivity index (χ4n) is 7.85. The summed E-state index contributed by atoms with van der Waals surface area (Å²) in [5.74, 6) is 4.53. The van der Waals surface area contributed by atoms with Crippen LogP contribution in [0.1, 0.15) is 82.8 Å². The Morgan fingerprint density at radius 3 is 1.74 bits per heavy atom. The Bertz CT molecular complexity index is 2120. The minimum absolute atomic E-state index is 0.260. The van der Waals surface area contributed by atoms with Crippen LogP contribution < -0.4 is 9.80 Å². The molecule has 5 aliphatic rings. The average Bonchev–Trinajstić information content (AvgIpc) is 4.08. The van der Waals surface area contributed by atoms with Gasteiger partial charge in [-0.25, -0.2) is 19.6 Å². The lowest BCUT2D eigenvalue weighted by Crippen LogP contribution is -2.24. The second kappa shape index (κ2) is 14.6. The number of esters is 2. The highest BCUT2D eigenvalue weighted by Gasteiger charge is 2.49. The summed E-state index contributed by atoms with van der Waals surface area (Å²) in [4.78, 5) is 38.0. The van der Waals surface area contributed by atoms with Gasteiger partial charge in [0, 0.05) is 38.6 Å². The SMILES string of the molecule is CCOC(=O)c1cnn(Cc2ccc(N3CC4CC4C3)nc2C2(C#N)CC2)c1.CCOC(=O)c1cnn(Cc2ccc(N3CC4CC4C3)nc2CC#N)c1. The number of nitriles is 2. The van der Waals surface area contributed by atoms with Crippen LogP contribution in [0.25, 0.3) is 0 Å². The summed E-state index contributed by atoms with van der Waals surface area (Å²) in [7, 11) is 0. The largest absolute Gasteiger partial charge is 0.462 e. The number of nitrogens with zero attached hydrogens (tertiary/aromatic N) is 10. The predicted octanol–water partition coefficient (Wildman–Crippen LogP) is 4.54. The van der Waals surface area contributed by atoms with E-state index >= 15 is 0 Å². The summed E-state index contributed by atoms with van der Waals surface area (Å²) in [6.45, 7) is 9.48. The molecule has 0 aromatic carbocycles. The number of anilines is 2. The molecule has 0 amide bonds. The monoisotopic (exact) mass is 728 g/mol. The molecule has 3 aliphatic carbocycles. The van der Waals surface area contributed by atoms with Crippen molar-refractivity contribution in [3.63, 3.8) is 0 Å². The summed E-state index contributed by atoms with van der Waals surface area (Å²) in [6, 6.07) is 12.9. The minimum Gasteiger partial charge on any atom is -0.462 e. The number of piperidine rings is 2. The Balaban J connectivity index is 0.000000154. The van der Waals surface area contributed by atoms with E-state index < -0.39 is 5.41 Å². The molecule has 0 N–H and O–H groups in total. The van der Waals surface area contributed by atoms with Gasteiger partial charge in [-0.2, -0.15) is 20.7 Å². The Hall–Kier alpha value is -5.76. The van der Waals surface area contributed by atoms with Crippen molar-refractivity contribution in [3.05, 3.63) is 82.7 Å². The third-order valence-corrected chi connectivity index (χ3v) is 11.2. The van der Waals surface area contributed by atoms with Crippen LogP contribution in [0.4, 0.5) is 11.6 Å². The van der Waals surface area contributed by atoms with Crippen molar-refractivity contribution in [1.82, 2.24) is 29.5 Å². The van der Waals surface area contributed by atoms with Gasteiger partial charge in [0.25, 0.3) is 0 Å². The zero-order valence-electron chi connectivity index (χ0n) is 30.7. The quantitative estimate of drug-likeness (QED) is 0.187. The molecule has 4 aromatic heterocycles. The second-order valence-electron chi connectivity index (χ2n) is 15.1. The number of hydrogen-bond donors (Lipinski definition) is 0. The van der Waals surface area contributed by atoms with E-state index in [1.807, 2.05) is 12.1 Å². The molecule has 14 nitrogen and oxygen atoms in total. The predicted molar refractivity (Wildman–Crippen MR) is 197 cm³/mol. The minimum atomic E-state index is -0.467. The van der Waals surface area contributed by atoms with Gasteiger partial charge in [0.2, 0.25) is 0 Å². The first-order valence-electron chi connectivity index (χ1n) is 19.0. The van der Waals surface area contributed by atoms with E-state index in [0.717, 1.165) is 96.8 Å². The molecular weight excluding hydrogens is 685 g/mol. The molecule has 0 spiro atoms. The van der Waals surface area contributed by atoms with Gasteiger partial charge in [0.05, 0.1) is 85.2 Å². The van der Waals surface area contributed by atoms with Gasteiger partial charge >= 0.3 is 11.9 Å². The molecule has 2 saturated heterocycles. The zero-order valence-corrected chi connectivity index (χ0v) is 30.7. The van der Waals surface area contributed by atoms with Crippen molar-refractivity contribution in [1.29, 1.82) is 10.5 Å². The van der Waals surface area contributed by atoms with Gasteiger partial charge in [-0.3, -0.25) is 9.36 Å². The number of ether oxygens (including phenoxy) is 2. The number of carbonyl (C=O) groups excluding carboxylic acids is 2. The molecule has 4 unspecified atom stereocenters. The van der Waals surface area contributed by atoms with Crippen molar-refractivity contribution < 1.29 is 19.1 Å². The Morgan fingerprint density at radius 2 is 1.26 bits per heavy atom. The third kappa shape index (κ3) is 7.38. The molecule has 278 valence electrons. The van der Waals surface area contributed by atoms with E-state index in [-0.39, 0.29) is 18.4 Å². The maximum Gasteiger partial charge on any atom is 0.341 e. The van der Waals surface area contributed by atoms with Crippen LogP contribution in [0.5, 0.6) is 0 Å². The Labute approximate surface area is 314 Å². The van der Waals surface area contributed by atoms with Gasteiger partial charge in [-0.15, -0.1) is 0 Å². The van der Waals surface area contributed by atoms with Gasteiger partial charge in [-0.1, -0.05) is 12.1 Å². The van der Waals surface area contributed by atoms with Crippen LogP contribution >= 0.6 is 0 Å². The van der Waals surface area contributed by atoms with Crippen molar-refractivity contribution >= 4 is 23.6 Å². The number of fused-ring (bicyclic) bond motifs is 2. The van der Waals surface area contributed by atoms with Crippen LogP contribution in [0.15, 0.2) is 49.1 Å². The average molecular weight is 729 g/mol. The van der Waals surface area contributed by atoms with Crippen LogP contribution in [0.2, 0.25) is 0 Å². The van der Waals surface area contributed by atoms with Crippen molar-refractivity contribution in [2.24, 2.45) is 23.7 Å². The molecule has 4 atom stereocenters. The summed E-state index contributed by atoms with van der Waals surface area (Å²) in [5.41, 5.74) is 3.98. The van der Waals surface area contributed by atoms with Gasteiger partial charge in [-0.05, 0) is 86.5 Å². The lowest BCUT2D eigenvalue weighted by atomic mass is 9.98. The smallest absolute Gasteiger partial charge is 0.341 e. The Morgan fingerprint density at radius 1 is 0.759 bits per heavy atom. The van der Waals surface area contributed by atoms with E-state index in [1.54, 1.807) is 35.6 Å². The van der Waals surface area contributed by atoms with E-state index in [4.69, 9.17) is 24.7 Å². The van der Waals surface area contributed by atoms with Crippen LogP contribution in [-0.4, -0.2) is 80.9 Å². The van der Waals surface area contributed by atoms with Crippen LogP contribution in [0, 0.1) is 46.3 Å². The lowest BCUT2D eigenvalue weighted by molar-refractivity contribution is 0.0516. The summed E-state index contributed by atoms with van der Waals surface area (Å²) in [5, 5.41) is 27.4. The molecule has 5 fully saturated rings. The fourth-order valence-corrected chi connectivity index (χ4v) is 7.85. The second-order valence-corrected chi connectivity index (χ2v) is 15.1. The first-order chi connectivity index (χ1) is 26.3. The lowest BCUT2D eigenvalue weighted by Gasteiger charge is -2.22. The number of pyridine rings is 2. The molecule has 2 aliphatic heterocycles. The summed E-state index contributed by atoms with van der Waals surface area (Å²) < 4.78 is 13.4. The van der Waals surface area contributed by atoms with Crippen molar-refractivity contribution in [2.75, 3.05) is 49.2 Å². The molecule has 14 heteroatoms. The maximum absolute atomic E-state index is 11.9. The summed E-state index contributed by atoms with van der Waals surface area (Å²) >= 11 is 0. The van der Waals surface area contributed by atoms with E-state index in [2.05, 4.69) is 44.3 Å². The number of rotatable bonds is 12. The molecule has 6 heterocycles. The normalized spacial score (nSPS) is 22.2. The first kappa shape index (κ1) is 35.3. The molecule has 0 bridgehead atoms. The highest BCUT2D eigenvalue weighted by Crippen LogP contribution is 2.50. The number of aromatic nitrogens is 6. The molecule has 4 aromatic rings. The van der Waals surface area contributed by atoms with Crippen LogP contribution in [-0.2, 0) is 34.4 Å². The van der Waals surface area contributed by atoms with Gasteiger partial charge in [0.1, 0.15) is 11.6 Å². The topological polar surface area (TPSA) is 168 Å². The van der Waals surface area contributed by atoms with Crippen molar-refractivity contribution in [2.45, 2.75) is 64.5 Å².